The zero-order valence-electron chi connectivity index (χ0n) is 43.8. The summed E-state index contributed by atoms with van der Waals surface area (Å²) in [5, 5.41) is 1.80. The van der Waals surface area contributed by atoms with Crippen molar-refractivity contribution in [3.8, 4) is 0 Å². The van der Waals surface area contributed by atoms with E-state index in [2.05, 4.69) is 273 Å². The first-order valence-corrected chi connectivity index (χ1v) is 26.7. The molecule has 8 heteroatoms. The van der Waals surface area contributed by atoms with E-state index >= 15 is 0 Å². The number of hydrogen-bond acceptors (Lipinski definition) is 8. The minimum Gasteiger partial charge on any atom is -0.310 e. The van der Waals surface area contributed by atoms with E-state index in [-0.39, 0.29) is 16.7 Å². The summed E-state index contributed by atoms with van der Waals surface area (Å²) in [6.45, 7) is 11.8. The van der Waals surface area contributed by atoms with Crippen molar-refractivity contribution >= 4 is 95.7 Å². The molecule has 0 bridgehead atoms. The lowest BCUT2D eigenvalue weighted by atomic mass is 9.69. The summed E-state index contributed by atoms with van der Waals surface area (Å²) < 4.78 is 0. The number of fused-ring (bicyclic) bond motifs is 9. The topological polar surface area (TPSA) is 64.5 Å². The predicted molar refractivity (Wildman–Crippen MR) is 318 cm³/mol. The van der Waals surface area contributed by atoms with Gasteiger partial charge in [-0.25, -0.2) is 9.97 Å². The summed E-state index contributed by atoms with van der Waals surface area (Å²) in [5.74, 6) is 1.87. The summed E-state index contributed by atoms with van der Waals surface area (Å²) in [4.78, 5) is 31.0. The van der Waals surface area contributed by atoms with Crippen LogP contribution >= 0.6 is 0 Å². The van der Waals surface area contributed by atoms with E-state index < -0.39 is 0 Å². The largest absolute Gasteiger partial charge is 0.310 e. The molecule has 1 unspecified atom stereocenters. The molecule has 8 aromatic carbocycles. The molecule has 5 heterocycles. The second-order valence-electron chi connectivity index (χ2n) is 21.6. The molecule has 1 aliphatic carbocycles. The van der Waals surface area contributed by atoms with Crippen LogP contribution in [0.15, 0.2) is 242 Å². The smallest absolute Gasteiger partial charge is 0.138 e. The molecule has 2 aliphatic heterocycles. The highest BCUT2D eigenvalue weighted by atomic mass is 15.2. The van der Waals surface area contributed by atoms with Crippen LogP contribution in [0.3, 0.4) is 0 Å². The van der Waals surface area contributed by atoms with Gasteiger partial charge in [0.25, 0.3) is 0 Å². The van der Waals surface area contributed by atoms with Crippen molar-refractivity contribution in [3.05, 3.63) is 259 Å². The van der Waals surface area contributed by atoms with Gasteiger partial charge in [-0.1, -0.05) is 138 Å². The molecule has 0 amide bonds. The van der Waals surface area contributed by atoms with E-state index in [0.717, 1.165) is 102 Å². The van der Waals surface area contributed by atoms with E-state index in [1.165, 1.54) is 28.0 Å². The Labute approximate surface area is 449 Å². The lowest BCUT2D eigenvalue weighted by molar-refractivity contribution is 0.560. The van der Waals surface area contributed by atoms with Gasteiger partial charge in [-0.3, -0.25) is 19.8 Å². The molecule has 11 aromatic rings. The Morgan fingerprint density at radius 1 is 0.416 bits per heavy atom. The average Bonchev–Trinajstić information content (AvgIpc) is 3.48. The zero-order chi connectivity index (χ0) is 52.0. The van der Waals surface area contributed by atoms with Crippen molar-refractivity contribution in [3.63, 3.8) is 0 Å². The minimum absolute atomic E-state index is 0.241. The van der Waals surface area contributed by atoms with Crippen LogP contribution in [0.1, 0.15) is 57.7 Å². The summed E-state index contributed by atoms with van der Waals surface area (Å²) in [6, 6.07) is 73.8. The lowest BCUT2D eigenvalue weighted by Crippen LogP contribution is -2.37. The van der Waals surface area contributed by atoms with Gasteiger partial charge in [-0.15, -0.1) is 0 Å². The molecule has 77 heavy (non-hydrogen) atoms. The van der Waals surface area contributed by atoms with Crippen LogP contribution in [0, 0.1) is 5.92 Å². The summed E-state index contributed by atoms with van der Waals surface area (Å²) in [6.07, 6.45) is 9.19. The third-order valence-corrected chi connectivity index (χ3v) is 16.3. The van der Waals surface area contributed by atoms with Crippen molar-refractivity contribution in [2.45, 2.75) is 51.9 Å². The second kappa shape index (κ2) is 17.9. The molecule has 3 aliphatic rings. The highest BCUT2D eigenvalue weighted by Crippen LogP contribution is 2.56. The molecule has 0 saturated heterocycles. The molecular weight excluding hydrogens is 941 g/mol. The number of para-hydroxylation sites is 5. The van der Waals surface area contributed by atoms with Crippen molar-refractivity contribution in [2.75, 3.05) is 19.6 Å². The van der Waals surface area contributed by atoms with Gasteiger partial charge >= 0.3 is 0 Å². The first-order valence-electron chi connectivity index (χ1n) is 26.7. The predicted octanol–water partition coefficient (Wildman–Crippen LogP) is 18.1. The number of aromatic nitrogens is 4. The van der Waals surface area contributed by atoms with Crippen LogP contribution in [0.25, 0.3) is 32.8 Å². The Kier molecular flexibility index (Phi) is 10.7. The third kappa shape index (κ3) is 7.34. The minimum atomic E-state index is -0.344. The van der Waals surface area contributed by atoms with Gasteiger partial charge in [0.2, 0.25) is 0 Å². The molecule has 1 atom stereocenters. The number of benzene rings is 8. The number of allylic oxidation sites excluding steroid dienone is 4. The quantitative estimate of drug-likeness (QED) is 0.140. The van der Waals surface area contributed by atoms with E-state index in [1.54, 1.807) is 12.4 Å². The molecule has 0 N–H and O–H groups in total. The number of pyridine rings is 2. The molecule has 0 saturated carbocycles. The fourth-order valence-corrected chi connectivity index (χ4v) is 12.5. The van der Waals surface area contributed by atoms with Crippen molar-refractivity contribution in [1.82, 2.24) is 19.9 Å². The Balaban J connectivity index is 0.965. The van der Waals surface area contributed by atoms with Crippen LogP contribution in [0.2, 0.25) is 0 Å². The number of anilines is 11. The van der Waals surface area contributed by atoms with E-state index in [4.69, 9.17) is 19.9 Å². The van der Waals surface area contributed by atoms with Crippen molar-refractivity contribution < 1.29 is 0 Å². The summed E-state index contributed by atoms with van der Waals surface area (Å²) >= 11 is 0. The van der Waals surface area contributed by atoms with Crippen LogP contribution < -0.4 is 19.6 Å². The molecule has 8 nitrogen and oxygen atoms in total. The van der Waals surface area contributed by atoms with Gasteiger partial charge in [0.05, 0.1) is 28.1 Å². The lowest BCUT2D eigenvalue weighted by Gasteiger charge is -2.46. The molecule has 3 aromatic heterocycles. The van der Waals surface area contributed by atoms with Crippen molar-refractivity contribution in [1.29, 1.82) is 0 Å². The van der Waals surface area contributed by atoms with Gasteiger partial charge in [0.1, 0.15) is 22.7 Å². The zero-order valence-corrected chi connectivity index (χ0v) is 43.8. The van der Waals surface area contributed by atoms with Crippen molar-refractivity contribution in [2.24, 2.45) is 5.92 Å². The van der Waals surface area contributed by atoms with Gasteiger partial charge in [0, 0.05) is 79.7 Å². The normalized spacial score (nSPS) is 16.0. The first-order chi connectivity index (χ1) is 37.6. The van der Waals surface area contributed by atoms with Gasteiger partial charge in [-0.2, -0.15) is 0 Å². The SMILES string of the molecule is CC1CC=CC2=C1N(c1ccc3c4nccnc4c4ccc(N5c6ccccc6C(C)(C)c6cc(N(c7ccccc7)c7ccccc7)ccc65)nc4c3n1)c1ccc(N(c3ccccc3)c3ccccc3)cc1C2(C)C. The summed E-state index contributed by atoms with van der Waals surface area (Å²) in [5.41, 5.74) is 18.6. The average molecular weight is 997 g/mol. The van der Waals surface area contributed by atoms with Crippen LogP contribution in [0.4, 0.5) is 62.8 Å². The number of hydrogen-bond donors (Lipinski definition) is 0. The van der Waals surface area contributed by atoms with Crippen LogP contribution in [0.5, 0.6) is 0 Å². The van der Waals surface area contributed by atoms with E-state index in [9.17, 15) is 0 Å². The van der Waals surface area contributed by atoms with Crippen LogP contribution in [-0.4, -0.2) is 19.9 Å². The monoisotopic (exact) mass is 996 g/mol. The third-order valence-electron chi connectivity index (χ3n) is 16.3. The van der Waals surface area contributed by atoms with Gasteiger partial charge < -0.3 is 9.80 Å². The highest BCUT2D eigenvalue weighted by Gasteiger charge is 2.42. The Morgan fingerprint density at radius 2 is 0.844 bits per heavy atom. The number of nitrogens with zero attached hydrogens (tertiary/aromatic N) is 8. The standard InChI is InChI=1S/C69H56N8/c1-45-21-20-31-55-67(45)77(60-38-34-51(44-57(60)69(55,4)5)75(48-26-14-8-15-27-48)49-28-16-9-17-29-49)62-40-36-53-64-63(70-41-42-71-64)52-35-39-61(72-65(52)66(53)73-62)76-58-32-19-18-30-54(58)68(2,3)56-43-50(33-37-59(56)76)74(46-22-10-6-11-23-46)47-24-12-7-13-25-47/h6-20,22-45H,21H2,1-5H3. The fourth-order valence-electron chi connectivity index (χ4n) is 12.5. The maximum absolute atomic E-state index is 5.79. The van der Waals surface area contributed by atoms with E-state index in [0.29, 0.717) is 0 Å². The molecule has 0 fully saturated rings. The Bertz CT molecular complexity index is 4090. The second-order valence-corrected chi connectivity index (χ2v) is 21.6. The molecular formula is C69H56N8. The molecule has 0 radical (unpaired) electrons. The first kappa shape index (κ1) is 46.2. The van der Waals surface area contributed by atoms with Gasteiger partial charge in [0.15, 0.2) is 0 Å². The number of rotatable bonds is 8. The maximum Gasteiger partial charge on any atom is 0.138 e. The van der Waals surface area contributed by atoms with Gasteiger partial charge in [-0.05, 0) is 144 Å². The van der Waals surface area contributed by atoms with Crippen LogP contribution in [-0.2, 0) is 10.8 Å². The fraction of sp³-hybridized carbons (Fsp3) is 0.130. The van der Waals surface area contributed by atoms with E-state index in [1.807, 2.05) is 0 Å². The molecule has 0 spiro atoms. The Hall–Kier alpha value is -9.40. The molecule has 372 valence electrons. The highest BCUT2D eigenvalue weighted by molar-refractivity contribution is 6.21. The summed E-state index contributed by atoms with van der Waals surface area (Å²) in [7, 11) is 0. The maximum atomic E-state index is 5.79. The molecule has 14 rings (SSSR count). The Morgan fingerprint density at radius 3 is 1.35 bits per heavy atom.